The van der Waals surface area contributed by atoms with E-state index in [1.807, 2.05) is 0 Å². The molecule has 0 aliphatic heterocycles. The number of rotatable bonds is 4. The Morgan fingerprint density at radius 3 is 1.35 bits per heavy atom. The van der Waals surface area contributed by atoms with Crippen LogP contribution >= 0.6 is 0 Å². The van der Waals surface area contributed by atoms with Gasteiger partial charge in [-0.3, -0.25) is 0 Å². The van der Waals surface area contributed by atoms with Crippen molar-refractivity contribution in [1.29, 1.82) is 0 Å². The van der Waals surface area contributed by atoms with Crippen molar-refractivity contribution in [2.75, 3.05) is 0 Å². The predicted octanol–water partition coefficient (Wildman–Crippen LogP) is 12.6. The highest BCUT2D eigenvalue weighted by molar-refractivity contribution is 6.16. The van der Waals surface area contributed by atoms with Crippen LogP contribution in [-0.4, -0.2) is 13.7 Å². The van der Waals surface area contributed by atoms with Gasteiger partial charge in [0.15, 0.2) is 0 Å². The zero-order valence-corrected chi connectivity index (χ0v) is 27.7. The van der Waals surface area contributed by atoms with Crippen molar-refractivity contribution in [3.63, 3.8) is 0 Å². The van der Waals surface area contributed by atoms with Crippen molar-refractivity contribution in [3.8, 4) is 28.2 Å². The van der Waals surface area contributed by atoms with Gasteiger partial charge in [0.25, 0.3) is 0 Å². The zero-order chi connectivity index (χ0) is 33.5. The molecule has 3 nitrogen and oxygen atoms in total. The number of benzene rings is 8. The molecule has 0 fully saturated rings. The molecular formula is C48H31N3. The van der Waals surface area contributed by atoms with E-state index in [1.54, 1.807) is 0 Å². The summed E-state index contributed by atoms with van der Waals surface area (Å²) >= 11 is 0. The van der Waals surface area contributed by atoms with E-state index in [-0.39, 0.29) is 0 Å². The van der Waals surface area contributed by atoms with Gasteiger partial charge in [-0.15, -0.1) is 0 Å². The maximum atomic E-state index is 2.48. The predicted molar refractivity (Wildman–Crippen MR) is 215 cm³/mol. The molecule has 11 rings (SSSR count). The molecule has 0 bridgehead atoms. The molecule has 0 radical (unpaired) electrons. The lowest BCUT2D eigenvalue weighted by atomic mass is 10.1. The van der Waals surface area contributed by atoms with Gasteiger partial charge in [-0.25, -0.2) is 0 Å². The van der Waals surface area contributed by atoms with Crippen molar-refractivity contribution < 1.29 is 0 Å². The Bertz CT molecular complexity index is 3070. The van der Waals surface area contributed by atoms with Gasteiger partial charge in [-0.05, 0) is 71.8 Å². The van der Waals surface area contributed by atoms with Crippen LogP contribution in [0.1, 0.15) is 0 Å². The molecule has 0 unspecified atom stereocenters. The summed E-state index contributed by atoms with van der Waals surface area (Å²) < 4.78 is 7.33. The standard InChI is InChI=1S/C48H31N3/c1-2-13-32(14-3-1)33-25-27-34(28-26-33)49-42-20-8-7-18-39(42)41-31-35(29-30-46(41)49)50-43-21-9-6-17-38(43)40-19-12-24-47(48(40)50)51-44-22-10-4-15-36(44)37-16-5-11-23-45(37)51/h1-31H. The molecule has 0 N–H and O–H groups in total. The summed E-state index contributed by atoms with van der Waals surface area (Å²) in [6.45, 7) is 0. The fraction of sp³-hybridized carbons (Fsp3) is 0. The van der Waals surface area contributed by atoms with Gasteiger partial charge < -0.3 is 13.7 Å². The molecule has 0 amide bonds. The molecule has 3 aromatic heterocycles. The Kier molecular flexibility index (Phi) is 5.96. The first kappa shape index (κ1) is 28.0. The minimum atomic E-state index is 1.14. The van der Waals surface area contributed by atoms with Crippen LogP contribution in [0.4, 0.5) is 0 Å². The monoisotopic (exact) mass is 649 g/mol. The van der Waals surface area contributed by atoms with E-state index >= 15 is 0 Å². The smallest absolute Gasteiger partial charge is 0.0782 e. The van der Waals surface area contributed by atoms with E-state index in [2.05, 4.69) is 202 Å². The van der Waals surface area contributed by atoms with Crippen LogP contribution in [0.25, 0.3) is 93.6 Å². The topological polar surface area (TPSA) is 14.8 Å². The van der Waals surface area contributed by atoms with Gasteiger partial charge in [0.2, 0.25) is 0 Å². The van der Waals surface area contributed by atoms with Crippen molar-refractivity contribution in [2.45, 2.75) is 0 Å². The lowest BCUT2D eigenvalue weighted by molar-refractivity contribution is 1.13. The minimum Gasteiger partial charge on any atom is -0.309 e. The zero-order valence-electron chi connectivity index (χ0n) is 27.7. The Hall–Kier alpha value is -6.84. The van der Waals surface area contributed by atoms with Gasteiger partial charge in [0, 0.05) is 43.7 Å². The molecule has 3 heteroatoms. The van der Waals surface area contributed by atoms with E-state index in [1.165, 1.54) is 82.2 Å². The Morgan fingerprint density at radius 2 is 0.706 bits per heavy atom. The maximum absolute atomic E-state index is 2.48. The fourth-order valence-corrected chi connectivity index (χ4v) is 8.44. The third-order valence-electron chi connectivity index (χ3n) is 10.6. The van der Waals surface area contributed by atoms with Gasteiger partial charge in [0.1, 0.15) is 0 Å². The Balaban J connectivity index is 1.18. The molecule has 51 heavy (non-hydrogen) atoms. The van der Waals surface area contributed by atoms with Crippen LogP contribution in [0.2, 0.25) is 0 Å². The summed E-state index contributed by atoms with van der Waals surface area (Å²) in [5.74, 6) is 0. The van der Waals surface area contributed by atoms with Crippen LogP contribution < -0.4 is 0 Å². The summed E-state index contributed by atoms with van der Waals surface area (Å²) in [5.41, 5.74) is 13.1. The van der Waals surface area contributed by atoms with Crippen LogP contribution in [0.5, 0.6) is 0 Å². The molecule has 11 aromatic rings. The average molecular weight is 650 g/mol. The van der Waals surface area contributed by atoms with Crippen LogP contribution in [0, 0.1) is 0 Å². The highest BCUT2D eigenvalue weighted by atomic mass is 15.1. The molecule has 0 atom stereocenters. The van der Waals surface area contributed by atoms with Gasteiger partial charge in [-0.2, -0.15) is 0 Å². The van der Waals surface area contributed by atoms with Crippen molar-refractivity contribution in [2.24, 2.45) is 0 Å². The molecule has 3 heterocycles. The Labute approximate surface area is 294 Å². The first-order chi connectivity index (χ1) is 25.3. The van der Waals surface area contributed by atoms with Gasteiger partial charge in [-0.1, -0.05) is 127 Å². The fourth-order valence-electron chi connectivity index (χ4n) is 8.44. The van der Waals surface area contributed by atoms with Crippen LogP contribution in [0.15, 0.2) is 188 Å². The summed E-state index contributed by atoms with van der Waals surface area (Å²) in [6, 6.07) is 68.4. The molecule has 238 valence electrons. The van der Waals surface area contributed by atoms with Gasteiger partial charge in [0.05, 0.1) is 38.8 Å². The lowest BCUT2D eigenvalue weighted by Crippen LogP contribution is -2.00. The summed E-state index contributed by atoms with van der Waals surface area (Å²) in [5, 5.41) is 7.49. The van der Waals surface area contributed by atoms with E-state index in [9.17, 15) is 0 Å². The molecule has 0 spiro atoms. The van der Waals surface area contributed by atoms with Crippen molar-refractivity contribution in [3.05, 3.63) is 188 Å². The normalized spacial score (nSPS) is 11.9. The average Bonchev–Trinajstić information content (AvgIpc) is 3.84. The summed E-state index contributed by atoms with van der Waals surface area (Å²) in [6.07, 6.45) is 0. The van der Waals surface area contributed by atoms with Crippen molar-refractivity contribution >= 4 is 65.4 Å². The lowest BCUT2D eigenvalue weighted by Gasteiger charge is -2.15. The summed E-state index contributed by atoms with van der Waals surface area (Å²) in [7, 11) is 0. The first-order valence-electron chi connectivity index (χ1n) is 17.5. The molecule has 8 aromatic carbocycles. The van der Waals surface area contributed by atoms with Crippen LogP contribution in [0.3, 0.4) is 0 Å². The molecular weight excluding hydrogens is 619 g/mol. The molecule has 0 saturated carbocycles. The number of nitrogens with zero attached hydrogens (tertiary/aromatic N) is 3. The van der Waals surface area contributed by atoms with E-state index in [0.717, 1.165) is 11.4 Å². The number of hydrogen-bond acceptors (Lipinski definition) is 0. The number of fused-ring (bicyclic) bond motifs is 9. The SMILES string of the molecule is c1ccc(-c2ccc(-n3c4ccccc4c4cc(-n5c6ccccc6c6cccc(-n7c8ccccc8c8ccccc87)c65)ccc43)cc2)cc1. The number of aromatic nitrogens is 3. The quantitative estimate of drug-likeness (QED) is 0.180. The van der Waals surface area contributed by atoms with Crippen LogP contribution in [-0.2, 0) is 0 Å². The summed E-state index contributed by atoms with van der Waals surface area (Å²) in [4.78, 5) is 0. The highest BCUT2D eigenvalue weighted by Crippen LogP contribution is 2.41. The highest BCUT2D eigenvalue weighted by Gasteiger charge is 2.21. The minimum absolute atomic E-state index is 1.14. The second-order valence-electron chi connectivity index (χ2n) is 13.4. The van der Waals surface area contributed by atoms with E-state index in [4.69, 9.17) is 0 Å². The molecule has 0 aliphatic carbocycles. The second-order valence-corrected chi connectivity index (χ2v) is 13.4. The number of para-hydroxylation sites is 5. The van der Waals surface area contributed by atoms with Crippen molar-refractivity contribution in [1.82, 2.24) is 13.7 Å². The third-order valence-corrected chi connectivity index (χ3v) is 10.6. The maximum Gasteiger partial charge on any atom is 0.0782 e. The van der Waals surface area contributed by atoms with Gasteiger partial charge >= 0.3 is 0 Å². The number of hydrogen-bond donors (Lipinski definition) is 0. The molecule has 0 aliphatic rings. The molecule has 0 saturated heterocycles. The Morgan fingerprint density at radius 1 is 0.255 bits per heavy atom. The third kappa shape index (κ3) is 4.06. The largest absolute Gasteiger partial charge is 0.309 e. The first-order valence-corrected chi connectivity index (χ1v) is 17.5. The second kappa shape index (κ2) is 10.8. The van der Waals surface area contributed by atoms with E-state index in [0.29, 0.717) is 0 Å². The van der Waals surface area contributed by atoms with E-state index < -0.39 is 0 Å².